The van der Waals surface area contributed by atoms with E-state index in [1.807, 2.05) is 0 Å². The standard InChI is InChI=1S/C18H21N5O4/c24-18(14-1-4-16(5-2-14)23(25)26)21-15-3-6-17(20-13-15)19-7-8-22-9-11-27-12-10-22/h1-6,13H,7-12H2,(H,19,20)(H,21,24). The van der Waals surface area contributed by atoms with Crippen LogP contribution in [-0.2, 0) is 4.74 Å². The van der Waals surface area contributed by atoms with E-state index in [-0.39, 0.29) is 11.6 Å². The summed E-state index contributed by atoms with van der Waals surface area (Å²) in [7, 11) is 0. The number of morpholine rings is 1. The number of hydrogen-bond acceptors (Lipinski definition) is 7. The highest BCUT2D eigenvalue weighted by atomic mass is 16.6. The Morgan fingerprint density at radius 3 is 2.56 bits per heavy atom. The molecule has 1 aliphatic heterocycles. The van der Waals surface area contributed by atoms with Crippen molar-refractivity contribution in [2.45, 2.75) is 0 Å². The second kappa shape index (κ2) is 9.06. The molecule has 1 aliphatic rings. The Kier molecular flexibility index (Phi) is 6.29. The molecule has 3 rings (SSSR count). The van der Waals surface area contributed by atoms with Crippen LogP contribution in [0.25, 0.3) is 0 Å². The first kappa shape index (κ1) is 18.7. The topological polar surface area (TPSA) is 110 Å². The van der Waals surface area contributed by atoms with E-state index in [4.69, 9.17) is 4.74 Å². The minimum absolute atomic E-state index is 0.0549. The number of nitro benzene ring substituents is 1. The number of pyridine rings is 1. The highest BCUT2D eigenvalue weighted by Crippen LogP contribution is 2.15. The SMILES string of the molecule is O=C(Nc1ccc(NCCN2CCOCC2)nc1)c1ccc([N+](=O)[O-])cc1. The summed E-state index contributed by atoms with van der Waals surface area (Å²) >= 11 is 0. The van der Waals surface area contributed by atoms with Gasteiger partial charge in [-0.2, -0.15) is 0 Å². The summed E-state index contributed by atoms with van der Waals surface area (Å²) in [5.41, 5.74) is 0.839. The summed E-state index contributed by atoms with van der Waals surface area (Å²) in [4.78, 5) is 29.0. The molecule has 0 spiro atoms. The Morgan fingerprint density at radius 2 is 1.93 bits per heavy atom. The first-order valence-corrected chi connectivity index (χ1v) is 8.67. The van der Waals surface area contributed by atoms with Gasteiger partial charge in [-0.3, -0.25) is 19.8 Å². The molecule has 0 atom stereocenters. The van der Waals surface area contributed by atoms with Crippen LogP contribution in [0.1, 0.15) is 10.4 Å². The van der Waals surface area contributed by atoms with Crippen molar-refractivity contribution in [3.8, 4) is 0 Å². The largest absolute Gasteiger partial charge is 0.379 e. The van der Waals surface area contributed by atoms with Gasteiger partial charge in [-0.1, -0.05) is 0 Å². The molecule has 9 nitrogen and oxygen atoms in total. The van der Waals surface area contributed by atoms with Gasteiger partial charge < -0.3 is 15.4 Å². The Balaban J connectivity index is 1.47. The fourth-order valence-corrected chi connectivity index (χ4v) is 2.68. The maximum atomic E-state index is 12.2. The Hall–Kier alpha value is -3.04. The quantitative estimate of drug-likeness (QED) is 0.566. The molecule has 27 heavy (non-hydrogen) atoms. The summed E-state index contributed by atoms with van der Waals surface area (Å²) in [5.74, 6) is 0.385. The lowest BCUT2D eigenvalue weighted by atomic mass is 10.2. The molecule has 1 amide bonds. The predicted molar refractivity (Wildman–Crippen MR) is 101 cm³/mol. The van der Waals surface area contributed by atoms with Crippen molar-refractivity contribution in [1.29, 1.82) is 0 Å². The van der Waals surface area contributed by atoms with Gasteiger partial charge in [0.15, 0.2) is 0 Å². The lowest BCUT2D eigenvalue weighted by molar-refractivity contribution is -0.384. The van der Waals surface area contributed by atoms with E-state index >= 15 is 0 Å². The van der Waals surface area contributed by atoms with E-state index < -0.39 is 4.92 Å². The molecule has 1 aromatic carbocycles. The molecule has 0 unspecified atom stereocenters. The molecule has 0 aliphatic carbocycles. The van der Waals surface area contributed by atoms with E-state index in [1.165, 1.54) is 24.3 Å². The van der Waals surface area contributed by atoms with Gasteiger partial charge in [0.05, 0.1) is 30.0 Å². The normalized spacial score (nSPS) is 14.5. The second-order valence-corrected chi connectivity index (χ2v) is 6.07. The molecule has 2 aromatic rings. The summed E-state index contributed by atoms with van der Waals surface area (Å²) in [6.07, 6.45) is 1.57. The maximum absolute atomic E-state index is 12.2. The fourth-order valence-electron chi connectivity index (χ4n) is 2.68. The monoisotopic (exact) mass is 371 g/mol. The van der Waals surface area contributed by atoms with Crippen molar-refractivity contribution in [2.75, 3.05) is 50.0 Å². The minimum Gasteiger partial charge on any atom is -0.379 e. The zero-order chi connectivity index (χ0) is 19.1. The lowest BCUT2D eigenvalue weighted by Crippen LogP contribution is -2.39. The van der Waals surface area contributed by atoms with Gasteiger partial charge in [0.2, 0.25) is 0 Å². The van der Waals surface area contributed by atoms with Crippen LogP contribution in [0.2, 0.25) is 0 Å². The van der Waals surface area contributed by atoms with Gasteiger partial charge in [0.25, 0.3) is 11.6 Å². The first-order valence-electron chi connectivity index (χ1n) is 8.67. The molecule has 0 saturated carbocycles. The number of nitro groups is 1. The van der Waals surface area contributed by atoms with E-state index in [1.54, 1.807) is 18.3 Å². The Morgan fingerprint density at radius 1 is 1.19 bits per heavy atom. The van der Waals surface area contributed by atoms with Crippen LogP contribution in [0.3, 0.4) is 0 Å². The van der Waals surface area contributed by atoms with Gasteiger partial charge in [0.1, 0.15) is 5.82 Å². The molecule has 2 heterocycles. The van der Waals surface area contributed by atoms with Crippen molar-refractivity contribution in [3.63, 3.8) is 0 Å². The third kappa shape index (κ3) is 5.47. The van der Waals surface area contributed by atoms with Crippen LogP contribution in [0.5, 0.6) is 0 Å². The summed E-state index contributed by atoms with van der Waals surface area (Å²) in [6, 6.07) is 8.99. The number of nitrogens with zero attached hydrogens (tertiary/aromatic N) is 3. The number of non-ortho nitro benzene ring substituents is 1. The fraction of sp³-hybridized carbons (Fsp3) is 0.333. The second-order valence-electron chi connectivity index (χ2n) is 6.07. The van der Waals surface area contributed by atoms with Crippen LogP contribution in [0.15, 0.2) is 42.6 Å². The van der Waals surface area contributed by atoms with Crippen molar-refractivity contribution in [2.24, 2.45) is 0 Å². The van der Waals surface area contributed by atoms with E-state index in [0.717, 1.165) is 45.2 Å². The van der Waals surface area contributed by atoms with Crippen LogP contribution in [0.4, 0.5) is 17.2 Å². The number of rotatable bonds is 7. The third-order valence-corrected chi connectivity index (χ3v) is 4.20. The van der Waals surface area contributed by atoms with Crippen molar-refractivity contribution in [1.82, 2.24) is 9.88 Å². The third-order valence-electron chi connectivity index (χ3n) is 4.20. The van der Waals surface area contributed by atoms with Gasteiger partial charge in [-0.25, -0.2) is 4.98 Å². The van der Waals surface area contributed by atoms with Gasteiger partial charge in [-0.05, 0) is 24.3 Å². The molecular formula is C18H21N5O4. The summed E-state index contributed by atoms with van der Waals surface area (Å²) < 4.78 is 5.32. The number of carbonyl (C=O) groups excluding carboxylic acids is 1. The van der Waals surface area contributed by atoms with Crippen LogP contribution < -0.4 is 10.6 Å². The van der Waals surface area contributed by atoms with Crippen LogP contribution in [-0.4, -0.2) is 60.1 Å². The van der Waals surface area contributed by atoms with Crippen molar-refractivity contribution in [3.05, 3.63) is 58.3 Å². The molecule has 2 N–H and O–H groups in total. The Labute approximate surface area is 156 Å². The van der Waals surface area contributed by atoms with Crippen LogP contribution >= 0.6 is 0 Å². The van der Waals surface area contributed by atoms with Gasteiger partial charge in [0, 0.05) is 43.9 Å². The zero-order valence-electron chi connectivity index (χ0n) is 14.8. The number of hydrogen-bond donors (Lipinski definition) is 2. The predicted octanol–water partition coefficient (Wildman–Crippen LogP) is 1.99. The number of aromatic nitrogens is 1. The van der Waals surface area contributed by atoms with E-state index in [2.05, 4.69) is 20.5 Å². The first-order chi connectivity index (χ1) is 13.1. The lowest BCUT2D eigenvalue weighted by Gasteiger charge is -2.26. The summed E-state index contributed by atoms with van der Waals surface area (Å²) in [6.45, 7) is 5.15. The van der Waals surface area contributed by atoms with Crippen LogP contribution in [0, 0.1) is 10.1 Å². The number of nitrogens with one attached hydrogen (secondary N) is 2. The maximum Gasteiger partial charge on any atom is 0.269 e. The van der Waals surface area contributed by atoms with Gasteiger partial charge >= 0.3 is 0 Å². The van der Waals surface area contributed by atoms with Crippen molar-refractivity contribution < 1.29 is 14.5 Å². The average molecular weight is 371 g/mol. The molecular weight excluding hydrogens is 350 g/mol. The minimum atomic E-state index is -0.504. The Bertz CT molecular complexity index is 773. The number of amides is 1. The molecule has 1 fully saturated rings. The summed E-state index contributed by atoms with van der Waals surface area (Å²) in [5, 5.41) is 16.6. The molecule has 0 bridgehead atoms. The van der Waals surface area contributed by atoms with Gasteiger partial charge in [-0.15, -0.1) is 0 Å². The molecule has 0 radical (unpaired) electrons. The molecule has 9 heteroatoms. The van der Waals surface area contributed by atoms with Crippen molar-refractivity contribution >= 4 is 23.1 Å². The zero-order valence-corrected chi connectivity index (χ0v) is 14.8. The highest BCUT2D eigenvalue weighted by Gasteiger charge is 2.11. The number of benzene rings is 1. The molecule has 142 valence electrons. The molecule has 1 saturated heterocycles. The van der Waals surface area contributed by atoms with E-state index in [9.17, 15) is 14.9 Å². The number of ether oxygens (including phenoxy) is 1. The number of carbonyl (C=O) groups is 1. The average Bonchev–Trinajstić information content (AvgIpc) is 2.70. The highest BCUT2D eigenvalue weighted by molar-refractivity contribution is 6.04. The number of anilines is 2. The molecule has 1 aromatic heterocycles. The smallest absolute Gasteiger partial charge is 0.269 e. The van der Waals surface area contributed by atoms with E-state index in [0.29, 0.717) is 11.3 Å².